The first-order valence-electron chi connectivity index (χ1n) is 6.15. The monoisotopic (exact) mass is 269 g/mol. The van der Waals surface area contributed by atoms with Gasteiger partial charge in [0.05, 0.1) is 23.9 Å². The Labute approximate surface area is 116 Å². The van der Waals surface area contributed by atoms with Gasteiger partial charge in [-0.25, -0.2) is 0 Å². The summed E-state index contributed by atoms with van der Waals surface area (Å²) in [6.45, 7) is 1.97. The molecule has 0 saturated heterocycles. The lowest BCUT2D eigenvalue weighted by molar-refractivity contribution is -0.115. The number of hydrogen-bond donors (Lipinski definition) is 2. The highest BCUT2D eigenvalue weighted by atomic mass is 16.2. The number of aryl methyl sites for hydroxylation is 1. The highest BCUT2D eigenvalue weighted by Crippen LogP contribution is 2.13. The average molecular weight is 269 g/mol. The fraction of sp³-hybridized carbons (Fsp3) is 0.133. The van der Waals surface area contributed by atoms with E-state index in [1.807, 2.05) is 31.2 Å². The minimum Gasteiger partial charge on any atom is -0.366 e. The van der Waals surface area contributed by atoms with E-state index < -0.39 is 5.91 Å². The molecule has 2 amide bonds. The van der Waals surface area contributed by atoms with Crippen LogP contribution in [0, 0.1) is 6.92 Å². The Kier molecular flexibility index (Phi) is 4.10. The van der Waals surface area contributed by atoms with Crippen LogP contribution in [0.5, 0.6) is 0 Å². The van der Waals surface area contributed by atoms with Gasteiger partial charge in [-0.05, 0) is 18.6 Å². The summed E-state index contributed by atoms with van der Waals surface area (Å²) >= 11 is 0. The molecule has 20 heavy (non-hydrogen) atoms. The first-order chi connectivity index (χ1) is 9.56. The molecule has 0 radical (unpaired) electrons. The van der Waals surface area contributed by atoms with Crippen molar-refractivity contribution in [1.82, 2.24) is 4.98 Å². The van der Waals surface area contributed by atoms with E-state index in [9.17, 15) is 9.59 Å². The molecular weight excluding hydrogens is 254 g/mol. The number of rotatable bonds is 4. The molecule has 102 valence electrons. The molecule has 0 unspecified atom stereocenters. The van der Waals surface area contributed by atoms with E-state index in [0.29, 0.717) is 5.69 Å². The zero-order valence-electron chi connectivity index (χ0n) is 11.1. The number of pyridine rings is 1. The molecule has 3 N–H and O–H groups in total. The van der Waals surface area contributed by atoms with Gasteiger partial charge in [-0.2, -0.15) is 0 Å². The van der Waals surface area contributed by atoms with Gasteiger partial charge in [-0.1, -0.05) is 29.8 Å². The Bertz CT molecular complexity index is 653. The van der Waals surface area contributed by atoms with E-state index in [1.165, 1.54) is 18.5 Å². The maximum atomic E-state index is 12.0. The van der Waals surface area contributed by atoms with Crippen LogP contribution in [0.3, 0.4) is 0 Å². The molecule has 0 saturated carbocycles. The number of aromatic nitrogens is 1. The van der Waals surface area contributed by atoms with Crippen LogP contribution in [0.2, 0.25) is 0 Å². The van der Waals surface area contributed by atoms with Crippen LogP contribution in [-0.4, -0.2) is 16.8 Å². The molecule has 0 bridgehead atoms. The van der Waals surface area contributed by atoms with Crippen molar-refractivity contribution < 1.29 is 9.59 Å². The number of nitrogens with one attached hydrogen (secondary N) is 1. The molecule has 1 aromatic carbocycles. The summed E-state index contributed by atoms with van der Waals surface area (Å²) in [4.78, 5) is 27.1. The smallest absolute Gasteiger partial charge is 0.250 e. The number of carbonyl (C=O) groups excluding carboxylic acids is 2. The summed E-state index contributed by atoms with van der Waals surface area (Å²) in [7, 11) is 0. The normalized spacial score (nSPS) is 10.1. The van der Waals surface area contributed by atoms with Gasteiger partial charge in [0.15, 0.2) is 0 Å². The first kappa shape index (κ1) is 13.7. The zero-order valence-corrected chi connectivity index (χ0v) is 11.1. The van der Waals surface area contributed by atoms with Crippen LogP contribution < -0.4 is 11.1 Å². The van der Waals surface area contributed by atoms with Crippen LogP contribution in [0.25, 0.3) is 0 Å². The highest BCUT2D eigenvalue weighted by molar-refractivity contribution is 6.03. The fourth-order valence-electron chi connectivity index (χ4n) is 1.91. The van der Waals surface area contributed by atoms with Crippen LogP contribution in [-0.2, 0) is 11.2 Å². The number of anilines is 1. The van der Waals surface area contributed by atoms with Crippen LogP contribution >= 0.6 is 0 Å². The minimum atomic E-state index is -0.599. The van der Waals surface area contributed by atoms with Crippen molar-refractivity contribution in [3.8, 4) is 0 Å². The molecule has 0 aliphatic carbocycles. The number of primary amides is 1. The fourth-order valence-corrected chi connectivity index (χ4v) is 1.91. The predicted octanol–water partition coefficient (Wildman–Crippen LogP) is 1.67. The van der Waals surface area contributed by atoms with Crippen molar-refractivity contribution in [2.45, 2.75) is 13.3 Å². The van der Waals surface area contributed by atoms with Gasteiger partial charge in [0.25, 0.3) is 5.91 Å². The summed E-state index contributed by atoms with van der Waals surface area (Å²) in [5.41, 5.74) is 7.83. The standard InChI is InChI=1S/C15H15N3O2/c1-10-3-2-4-11(7-10)8-14(19)18-13-9-17-6-5-12(13)15(16)20/h2-7,9H,8H2,1H3,(H2,16,20)(H,18,19). The van der Waals surface area contributed by atoms with Gasteiger partial charge in [0.1, 0.15) is 0 Å². The van der Waals surface area contributed by atoms with Gasteiger partial charge < -0.3 is 11.1 Å². The van der Waals surface area contributed by atoms with Gasteiger partial charge >= 0.3 is 0 Å². The second kappa shape index (κ2) is 5.97. The predicted molar refractivity (Wildman–Crippen MR) is 76.3 cm³/mol. The first-order valence-corrected chi connectivity index (χ1v) is 6.15. The molecule has 5 heteroatoms. The SMILES string of the molecule is Cc1cccc(CC(=O)Nc2cnccc2C(N)=O)c1. The van der Waals surface area contributed by atoms with Crippen LogP contribution in [0.4, 0.5) is 5.69 Å². The van der Waals surface area contributed by atoms with Crippen LogP contribution in [0.15, 0.2) is 42.7 Å². The van der Waals surface area contributed by atoms with Gasteiger partial charge in [0, 0.05) is 6.20 Å². The number of hydrogen-bond acceptors (Lipinski definition) is 3. The molecule has 0 aliphatic heterocycles. The summed E-state index contributed by atoms with van der Waals surface area (Å²) < 4.78 is 0. The van der Waals surface area contributed by atoms with Gasteiger partial charge in [0.2, 0.25) is 5.91 Å². The van der Waals surface area contributed by atoms with E-state index in [2.05, 4.69) is 10.3 Å². The summed E-state index contributed by atoms with van der Waals surface area (Å²) in [5.74, 6) is -0.815. The molecule has 1 aromatic heterocycles. The number of nitrogens with zero attached hydrogens (tertiary/aromatic N) is 1. The Balaban J connectivity index is 2.11. The Hall–Kier alpha value is -2.69. The van der Waals surface area contributed by atoms with Gasteiger partial charge in [-0.15, -0.1) is 0 Å². The van der Waals surface area contributed by atoms with E-state index in [4.69, 9.17) is 5.73 Å². The third kappa shape index (κ3) is 3.41. The molecular formula is C15H15N3O2. The lowest BCUT2D eigenvalue weighted by Crippen LogP contribution is -2.19. The Morgan fingerprint density at radius 2 is 2.10 bits per heavy atom. The quantitative estimate of drug-likeness (QED) is 0.885. The van der Waals surface area contributed by atoms with Crippen molar-refractivity contribution in [3.63, 3.8) is 0 Å². The zero-order chi connectivity index (χ0) is 14.5. The highest BCUT2D eigenvalue weighted by Gasteiger charge is 2.11. The van der Waals surface area contributed by atoms with Crippen molar-refractivity contribution in [3.05, 3.63) is 59.4 Å². The van der Waals surface area contributed by atoms with Crippen molar-refractivity contribution in [2.75, 3.05) is 5.32 Å². The average Bonchev–Trinajstić information content (AvgIpc) is 2.38. The summed E-state index contributed by atoms with van der Waals surface area (Å²) in [6.07, 6.45) is 3.10. The topological polar surface area (TPSA) is 85.1 Å². The maximum Gasteiger partial charge on any atom is 0.250 e. The molecule has 2 aromatic rings. The van der Waals surface area contributed by atoms with Crippen molar-refractivity contribution in [1.29, 1.82) is 0 Å². The van der Waals surface area contributed by atoms with Crippen LogP contribution in [0.1, 0.15) is 21.5 Å². The third-order valence-corrected chi connectivity index (χ3v) is 2.81. The number of carbonyl (C=O) groups is 2. The third-order valence-electron chi connectivity index (χ3n) is 2.81. The lowest BCUT2D eigenvalue weighted by Gasteiger charge is -2.08. The Morgan fingerprint density at radius 1 is 1.30 bits per heavy atom. The maximum absolute atomic E-state index is 12.0. The van der Waals surface area contributed by atoms with Gasteiger partial charge in [-0.3, -0.25) is 14.6 Å². The van der Waals surface area contributed by atoms with E-state index >= 15 is 0 Å². The minimum absolute atomic E-state index is 0.217. The van der Waals surface area contributed by atoms with E-state index in [0.717, 1.165) is 11.1 Å². The Morgan fingerprint density at radius 3 is 2.80 bits per heavy atom. The summed E-state index contributed by atoms with van der Waals surface area (Å²) in [5, 5.41) is 2.66. The molecule has 2 rings (SSSR count). The molecule has 0 fully saturated rings. The van der Waals surface area contributed by atoms with Crippen molar-refractivity contribution >= 4 is 17.5 Å². The molecule has 0 atom stereocenters. The van der Waals surface area contributed by atoms with E-state index in [1.54, 1.807) is 0 Å². The second-order valence-electron chi connectivity index (χ2n) is 4.50. The van der Waals surface area contributed by atoms with E-state index in [-0.39, 0.29) is 17.9 Å². The summed E-state index contributed by atoms with van der Waals surface area (Å²) in [6, 6.07) is 9.16. The molecule has 5 nitrogen and oxygen atoms in total. The number of amides is 2. The molecule has 0 spiro atoms. The molecule has 1 heterocycles. The lowest BCUT2D eigenvalue weighted by atomic mass is 10.1. The molecule has 0 aliphatic rings. The number of benzene rings is 1. The second-order valence-corrected chi connectivity index (χ2v) is 4.50. The van der Waals surface area contributed by atoms with Crippen molar-refractivity contribution in [2.24, 2.45) is 5.73 Å². The number of nitrogens with two attached hydrogens (primary N) is 1. The largest absolute Gasteiger partial charge is 0.366 e.